The summed E-state index contributed by atoms with van der Waals surface area (Å²) in [6, 6.07) is 4.17. The van der Waals surface area contributed by atoms with Gasteiger partial charge in [0, 0.05) is 12.8 Å². The molecule has 3 rings (SSSR count). The van der Waals surface area contributed by atoms with Crippen LogP contribution in [0.5, 0.6) is 0 Å². The average molecular weight is 326 g/mol. The van der Waals surface area contributed by atoms with E-state index in [0.29, 0.717) is 24.2 Å². The Morgan fingerprint density at radius 2 is 1.67 bits per heavy atom. The minimum absolute atomic E-state index is 0.0269. The van der Waals surface area contributed by atoms with Gasteiger partial charge in [0.05, 0.1) is 11.5 Å². The van der Waals surface area contributed by atoms with Gasteiger partial charge in [0.15, 0.2) is 5.78 Å². The molecule has 3 heteroatoms. The van der Waals surface area contributed by atoms with Crippen LogP contribution in [-0.2, 0) is 14.3 Å². The summed E-state index contributed by atoms with van der Waals surface area (Å²) in [4.78, 5) is 25.2. The highest BCUT2D eigenvalue weighted by atomic mass is 16.5. The zero-order valence-electron chi connectivity index (χ0n) is 15.3. The molecule has 2 aliphatic carbocycles. The van der Waals surface area contributed by atoms with Crippen molar-refractivity contribution in [1.82, 2.24) is 0 Å². The predicted molar refractivity (Wildman–Crippen MR) is 94.4 cm³/mol. The van der Waals surface area contributed by atoms with E-state index in [1.54, 1.807) is 0 Å². The molecule has 0 saturated heterocycles. The normalized spacial score (nSPS) is 20.3. The summed E-state index contributed by atoms with van der Waals surface area (Å²) in [5.74, 6) is 0.512. The quantitative estimate of drug-likeness (QED) is 0.758. The first-order valence-electron chi connectivity index (χ1n) is 8.74. The Balaban J connectivity index is 2.12. The van der Waals surface area contributed by atoms with Gasteiger partial charge in [-0.15, -0.1) is 0 Å². The van der Waals surface area contributed by atoms with Gasteiger partial charge in [-0.2, -0.15) is 0 Å². The summed E-state index contributed by atoms with van der Waals surface area (Å²) >= 11 is 0. The maximum Gasteiger partial charge on any atom is 0.314 e. The van der Waals surface area contributed by atoms with Crippen LogP contribution < -0.4 is 0 Å². The van der Waals surface area contributed by atoms with Crippen molar-refractivity contribution in [3.63, 3.8) is 0 Å². The minimum Gasteiger partial charge on any atom is -0.430 e. The summed E-state index contributed by atoms with van der Waals surface area (Å²) in [6.45, 7) is 10.2. The van der Waals surface area contributed by atoms with Crippen LogP contribution in [0.1, 0.15) is 61.8 Å². The van der Waals surface area contributed by atoms with Crippen LogP contribution in [0.25, 0.3) is 5.57 Å². The third-order valence-corrected chi connectivity index (χ3v) is 4.90. The van der Waals surface area contributed by atoms with Crippen molar-refractivity contribution in [3.05, 3.63) is 40.1 Å². The van der Waals surface area contributed by atoms with E-state index in [1.807, 2.05) is 13.8 Å². The molecule has 0 aromatic heterocycles. The van der Waals surface area contributed by atoms with Crippen molar-refractivity contribution in [1.29, 1.82) is 0 Å². The van der Waals surface area contributed by atoms with Gasteiger partial charge in [-0.1, -0.05) is 31.5 Å². The third-order valence-electron chi connectivity index (χ3n) is 4.90. The molecule has 0 aliphatic heterocycles. The van der Waals surface area contributed by atoms with E-state index in [-0.39, 0.29) is 23.1 Å². The molecule has 1 aromatic carbocycles. The van der Waals surface area contributed by atoms with Gasteiger partial charge >= 0.3 is 5.97 Å². The van der Waals surface area contributed by atoms with Crippen molar-refractivity contribution in [2.24, 2.45) is 11.3 Å². The highest BCUT2D eigenvalue weighted by Crippen LogP contribution is 2.43. The van der Waals surface area contributed by atoms with Crippen molar-refractivity contribution in [2.45, 2.75) is 60.3 Å². The second kappa shape index (κ2) is 5.87. The predicted octanol–water partition coefficient (Wildman–Crippen LogP) is 4.67. The van der Waals surface area contributed by atoms with Crippen LogP contribution in [0.15, 0.2) is 17.9 Å². The van der Waals surface area contributed by atoms with Gasteiger partial charge in [0.2, 0.25) is 0 Å². The molecule has 0 heterocycles. The fourth-order valence-electron chi connectivity index (χ4n) is 3.73. The molecule has 0 unspecified atom stereocenters. The van der Waals surface area contributed by atoms with E-state index in [1.165, 1.54) is 5.56 Å². The smallest absolute Gasteiger partial charge is 0.314 e. The van der Waals surface area contributed by atoms with Gasteiger partial charge in [-0.3, -0.25) is 9.59 Å². The topological polar surface area (TPSA) is 43.4 Å². The van der Waals surface area contributed by atoms with Crippen LogP contribution >= 0.6 is 0 Å². The largest absolute Gasteiger partial charge is 0.430 e. The fourth-order valence-corrected chi connectivity index (χ4v) is 3.73. The number of benzene rings is 1. The molecular weight excluding hydrogens is 300 g/mol. The Labute approximate surface area is 144 Å². The van der Waals surface area contributed by atoms with E-state index in [9.17, 15) is 9.59 Å². The molecule has 0 spiro atoms. The van der Waals surface area contributed by atoms with Crippen LogP contribution in [-0.4, -0.2) is 11.8 Å². The van der Waals surface area contributed by atoms with Crippen molar-refractivity contribution in [3.8, 4) is 0 Å². The Morgan fingerprint density at radius 1 is 1.08 bits per heavy atom. The average Bonchev–Trinajstić information content (AvgIpc) is 3.23. The standard InChI is InChI=1S/C21H26O3/c1-12-8-13(2)18(14(3)9-12)19-16(22)10-21(4,5)11-17(19)24-20(23)15-6-7-15/h8-9,15H,6-7,10-11H2,1-5H3. The number of esters is 1. The van der Waals surface area contributed by atoms with E-state index in [2.05, 4.69) is 32.9 Å². The summed E-state index contributed by atoms with van der Waals surface area (Å²) in [5.41, 5.74) is 4.70. The highest BCUT2D eigenvalue weighted by molar-refractivity contribution is 6.23. The molecular formula is C21H26O3. The van der Waals surface area contributed by atoms with Crippen LogP contribution in [0.2, 0.25) is 0 Å². The Hall–Kier alpha value is -1.90. The van der Waals surface area contributed by atoms with Gasteiger partial charge in [0.25, 0.3) is 0 Å². The van der Waals surface area contributed by atoms with Gasteiger partial charge in [-0.05, 0) is 55.7 Å². The molecule has 1 fully saturated rings. The van der Waals surface area contributed by atoms with E-state index in [0.717, 1.165) is 29.5 Å². The van der Waals surface area contributed by atoms with Crippen molar-refractivity contribution < 1.29 is 14.3 Å². The zero-order chi connectivity index (χ0) is 17.6. The van der Waals surface area contributed by atoms with Gasteiger partial charge < -0.3 is 4.74 Å². The monoisotopic (exact) mass is 326 g/mol. The molecule has 0 N–H and O–H groups in total. The Bertz CT molecular complexity index is 725. The van der Waals surface area contributed by atoms with Crippen LogP contribution in [0, 0.1) is 32.1 Å². The molecule has 24 heavy (non-hydrogen) atoms. The second-order valence-corrected chi connectivity index (χ2v) is 8.21. The summed E-state index contributed by atoms with van der Waals surface area (Å²) in [6.07, 6.45) is 2.92. The first-order valence-corrected chi connectivity index (χ1v) is 8.74. The summed E-state index contributed by atoms with van der Waals surface area (Å²) < 4.78 is 5.75. The van der Waals surface area contributed by atoms with E-state index < -0.39 is 0 Å². The number of hydrogen-bond donors (Lipinski definition) is 0. The lowest BCUT2D eigenvalue weighted by Gasteiger charge is -2.32. The number of allylic oxidation sites excluding steroid dienone is 2. The number of rotatable bonds is 3. The van der Waals surface area contributed by atoms with Crippen molar-refractivity contribution in [2.75, 3.05) is 0 Å². The fraction of sp³-hybridized carbons (Fsp3) is 0.524. The number of ether oxygens (including phenoxy) is 1. The minimum atomic E-state index is -0.174. The lowest BCUT2D eigenvalue weighted by molar-refractivity contribution is -0.141. The number of ketones is 1. The number of Topliss-reactive ketones (excluding diaryl/α,β-unsaturated/α-hetero) is 1. The molecule has 1 aromatic rings. The van der Waals surface area contributed by atoms with Crippen LogP contribution in [0.3, 0.4) is 0 Å². The Morgan fingerprint density at radius 3 is 2.21 bits per heavy atom. The molecule has 3 nitrogen and oxygen atoms in total. The molecule has 0 bridgehead atoms. The lowest BCUT2D eigenvalue weighted by Crippen LogP contribution is -2.28. The molecule has 2 aliphatic rings. The molecule has 128 valence electrons. The molecule has 0 atom stereocenters. The molecule has 0 radical (unpaired) electrons. The number of carbonyl (C=O) groups is 2. The summed E-state index contributed by atoms with van der Waals surface area (Å²) in [5, 5.41) is 0. The second-order valence-electron chi connectivity index (χ2n) is 8.21. The van der Waals surface area contributed by atoms with Gasteiger partial charge in [0.1, 0.15) is 5.76 Å². The number of carbonyl (C=O) groups excluding carboxylic acids is 2. The van der Waals surface area contributed by atoms with Crippen molar-refractivity contribution >= 4 is 17.3 Å². The maximum absolute atomic E-state index is 12.9. The molecule has 1 saturated carbocycles. The van der Waals surface area contributed by atoms with Crippen LogP contribution in [0.4, 0.5) is 0 Å². The SMILES string of the molecule is Cc1cc(C)c(C2=C(OC(=O)C3CC3)CC(C)(C)CC2=O)c(C)c1. The maximum atomic E-state index is 12.9. The first kappa shape index (κ1) is 16.9. The summed E-state index contributed by atoms with van der Waals surface area (Å²) in [7, 11) is 0. The lowest BCUT2D eigenvalue weighted by atomic mass is 9.74. The first-order chi connectivity index (χ1) is 11.2. The zero-order valence-corrected chi connectivity index (χ0v) is 15.3. The Kier molecular flexibility index (Phi) is 4.15. The highest BCUT2D eigenvalue weighted by Gasteiger charge is 2.39. The van der Waals surface area contributed by atoms with Gasteiger partial charge in [-0.25, -0.2) is 0 Å². The van der Waals surface area contributed by atoms with E-state index in [4.69, 9.17) is 4.74 Å². The molecule has 0 amide bonds. The van der Waals surface area contributed by atoms with E-state index >= 15 is 0 Å². The number of hydrogen-bond acceptors (Lipinski definition) is 3. The number of aryl methyl sites for hydroxylation is 3. The third kappa shape index (κ3) is 3.31.